The predicted octanol–water partition coefficient (Wildman–Crippen LogP) is 1.28. The summed E-state index contributed by atoms with van der Waals surface area (Å²) in [7, 11) is 1.19. The number of carbonyl (C=O) groups excluding carboxylic acids is 1. The van der Waals surface area contributed by atoms with Crippen LogP contribution in [0.4, 0.5) is 0 Å². The molecule has 2 rings (SSSR count). The van der Waals surface area contributed by atoms with E-state index in [1.54, 1.807) is 0 Å². The minimum Gasteiger partial charge on any atom is -0.467 e. The zero-order valence-electron chi connectivity index (χ0n) is 8.40. The third-order valence-electron chi connectivity index (χ3n) is 2.22. The van der Waals surface area contributed by atoms with Crippen LogP contribution in [0.3, 0.4) is 0 Å². The van der Waals surface area contributed by atoms with E-state index in [2.05, 4.69) is 4.74 Å². The average molecular weight is 245 g/mol. The van der Waals surface area contributed by atoms with Crippen LogP contribution >= 0.6 is 11.6 Å². The molecule has 1 aromatic rings. The van der Waals surface area contributed by atoms with E-state index >= 15 is 0 Å². The summed E-state index contributed by atoms with van der Waals surface area (Å²) < 4.78 is 14.7. The Balaban J connectivity index is 2.43. The van der Waals surface area contributed by atoms with E-state index in [-0.39, 0.29) is 18.1 Å². The summed E-state index contributed by atoms with van der Waals surface area (Å²) >= 11 is 5.86. The van der Waals surface area contributed by atoms with Gasteiger partial charge in [0.2, 0.25) is 6.79 Å². The van der Waals surface area contributed by atoms with Crippen molar-refractivity contribution >= 4 is 17.6 Å². The molecule has 0 aliphatic carbocycles. The maximum Gasteiger partial charge on any atom is 0.339 e. The number of aliphatic hydroxyl groups is 1. The molecule has 5 nitrogen and oxygen atoms in total. The Hall–Kier alpha value is -1.46. The van der Waals surface area contributed by atoms with Gasteiger partial charge in [0.25, 0.3) is 0 Å². The number of benzene rings is 1. The first-order chi connectivity index (χ1) is 7.65. The number of methoxy groups -OCH3 is 1. The highest BCUT2D eigenvalue weighted by atomic mass is 35.5. The van der Waals surface area contributed by atoms with Crippen LogP contribution in [0.25, 0.3) is 0 Å². The van der Waals surface area contributed by atoms with Gasteiger partial charge in [0.1, 0.15) is 0 Å². The number of rotatable bonds is 2. The summed E-state index contributed by atoms with van der Waals surface area (Å²) in [5.41, 5.74) is 0.281. The number of fused-ring (bicyclic) bond motifs is 1. The van der Waals surface area contributed by atoms with Gasteiger partial charge in [0.05, 0.1) is 12.1 Å². The SMILES string of the molecule is COC(=O)C(O)c1ccc(Cl)c2c1OCO2. The standard InChI is InChI=1S/C10H9ClO5/c1-14-10(13)7(12)5-2-3-6(11)9-8(5)15-4-16-9/h2-3,7,12H,4H2,1H3. The molecule has 6 heteroatoms. The molecule has 1 atom stereocenters. The smallest absolute Gasteiger partial charge is 0.339 e. The van der Waals surface area contributed by atoms with Crippen molar-refractivity contribution in [2.24, 2.45) is 0 Å². The lowest BCUT2D eigenvalue weighted by molar-refractivity contribution is -0.150. The van der Waals surface area contributed by atoms with Crippen LogP contribution < -0.4 is 9.47 Å². The summed E-state index contributed by atoms with van der Waals surface area (Å²) in [6.07, 6.45) is -1.40. The summed E-state index contributed by atoms with van der Waals surface area (Å²) in [5, 5.41) is 10.1. The number of halogens is 1. The molecule has 1 aliphatic rings. The summed E-state index contributed by atoms with van der Waals surface area (Å²) in [6.45, 7) is 0.0138. The highest BCUT2D eigenvalue weighted by molar-refractivity contribution is 6.32. The molecule has 0 aromatic heterocycles. The van der Waals surface area contributed by atoms with Crippen LogP contribution in [0.1, 0.15) is 11.7 Å². The monoisotopic (exact) mass is 244 g/mol. The van der Waals surface area contributed by atoms with Crippen molar-refractivity contribution in [1.82, 2.24) is 0 Å². The van der Waals surface area contributed by atoms with Gasteiger partial charge in [0.15, 0.2) is 17.6 Å². The van der Waals surface area contributed by atoms with Gasteiger partial charge in [-0.3, -0.25) is 0 Å². The third-order valence-corrected chi connectivity index (χ3v) is 2.52. The van der Waals surface area contributed by atoms with Crippen molar-refractivity contribution in [1.29, 1.82) is 0 Å². The molecule has 0 spiro atoms. The van der Waals surface area contributed by atoms with Crippen molar-refractivity contribution in [3.05, 3.63) is 22.7 Å². The third kappa shape index (κ3) is 1.68. The Labute approximate surface area is 96.5 Å². The Morgan fingerprint density at radius 1 is 1.50 bits per heavy atom. The molecule has 1 unspecified atom stereocenters. The van der Waals surface area contributed by atoms with Gasteiger partial charge in [-0.25, -0.2) is 4.79 Å². The fourth-order valence-corrected chi connectivity index (χ4v) is 1.64. The molecule has 1 N–H and O–H groups in total. The van der Waals surface area contributed by atoms with E-state index in [1.807, 2.05) is 0 Å². The Morgan fingerprint density at radius 2 is 2.19 bits per heavy atom. The minimum absolute atomic E-state index is 0.0138. The fraction of sp³-hybridized carbons (Fsp3) is 0.300. The summed E-state index contributed by atoms with van der Waals surface area (Å²) in [4.78, 5) is 11.2. The summed E-state index contributed by atoms with van der Waals surface area (Å²) in [5.74, 6) is -0.146. The largest absolute Gasteiger partial charge is 0.467 e. The van der Waals surface area contributed by atoms with Gasteiger partial charge in [-0.15, -0.1) is 0 Å². The quantitative estimate of drug-likeness (QED) is 0.794. The van der Waals surface area contributed by atoms with Crippen molar-refractivity contribution in [3.63, 3.8) is 0 Å². The van der Waals surface area contributed by atoms with Gasteiger partial charge < -0.3 is 19.3 Å². The highest BCUT2D eigenvalue weighted by Gasteiger charge is 2.28. The second-order valence-corrected chi connectivity index (χ2v) is 3.53. The van der Waals surface area contributed by atoms with Gasteiger partial charge in [-0.05, 0) is 6.07 Å². The van der Waals surface area contributed by atoms with Gasteiger partial charge >= 0.3 is 5.97 Å². The second kappa shape index (κ2) is 4.19. The maximum atomic E-state index is 11.2. The lowest BCUT2D eigenvalue weighted by Gasteiger charge is -2.11. The molecule has 1 heterocycles. The minimum atomic E-state index is -1.40. The van der Waals surface area contributed by atoms with E-state index in [0.717, 1.165) is 0 Å². The topological polar surface area (TPSA) is 65.0 Å². The first kappa shape index (κ1) is 11.0. The fourth-order valence-electron chi connectivity index (χ4n) is 1.44. The molecule has 86 valence electrons. The molecule has 16 heavy (non-hydrogen) atoms. The van der Waals surface area contributed by atoms with Gasteiger partial charge in [-0.1, -0.05) is 17.7 Å². The van der Waals surface area contributed by atoms with Crippen LogP contribution in [0.15, 0.2) is 12.1 Å². The van der Waals surface area contributed by atoms with Crippen LogP contribution in [0.5, 0.6) is 11.5 Å². The van der Waals surface area contributed by atoms with Gasteiger partial charge in [0, 0.05) is 5.56 Å². The number of aliphatic hydroxyl groups excluding tert-OH is 1. The number of hydrogen-bond acceptors (Lipinski definition) is 5. The van der Waals surface area contributed by atoms with Crippen molar-refractivity contribution < 1.29 is 24.1 Å². The molecule has 1 aromatic carbocycles. The van der Waals surface area contributed by atoms with E-state index in [0.29, 0.717) is 10.8 Å². The number of esters is 1. The van der Waals surface area contributed by atoms with Crippen molar-refractivity contribution in [2.45, 2.75) is 6.10 Å². The van der Waals surface area contributed by atoms with E-state index in [1.165, 1.54) is 19.2 Å². The molecule has 0 saturated carbocycles. The van der Waals surface area contributed by atoms with Crippen LogP contribution in [-0.4, -0.2) is 25.0 Å². The first-order valence-electron chi connectivity index (χ1n) is 4.49. The molecular formula is C10H9ClO5. The van der Waals surface area contributed by atoms with Crippen molar-refractivity contribution in [3.8, 4) is 11.5 Å². The lowest BCUT2D eigenvalue weighted by Crippen LogP contribution is -2.14. The predicted molar refractivity (Wildman–Crippen MR) is 54.6 cm³/mol. The van der Waals surface area contributed by atoms with E-state index in [4.69, 9.17) is 21.1 Å². The zero-order chi connectivity index (χ0) is 11.7. The van der Waals surface area contributed by atoms with Crippen LogP contribution in [0, 0.1) is 0 Å². The molecule has 0 saturated heterocycles. The first-order valence-corrected chi connectivity index (χ1v) is 4.87. The molecule has 0 bridgehead atoms. The number of ether oxygens (including phenoxy) is 3. The molecule has 1 aliphatic heterocycles. The lowest BCUT2D eigenvalue weighted by atomic mass is 10.1. The Kier molecular flexibility index (Phi) is 2.89. The number of hydrogen-bond donors (Lipinski definition) is 1. The highest BCUT2D eigenvalue weighted by Crippen LogP contribution is 2.43. The average Bonchev–Trinajstić information content (AvgIpc) is 2.77. The summed E-state index contributed by atoms with van der Waals surface area (Å²) in [6, 6.07) is 3.02. The van der Waals surface area contributed by atoms with Crippen molar-refractivity contribution in [2.75, 3.05) is 13.9 Å². The molecule has 0 fully saturated rings. The Bertz CT molecular complexity index is 431. The van der Waals surface area contributed by atoms with E-state index < -0.39 is 12.1 Å². The molecular weight excluding hydrogens is 236 g/mol. The van der Waals surface area contributed by atoms with E-state index in [9.17, 15) is 9.90 Å². The second-order valence-electron chi connectivity index (χ2n) is 3.13. The molecule has 0 radical (unpaired) electrons. The number of carbonyl (C=O) groups is 1. The zero-order valence-corrected chi connectivity index (χ0v) is 9.15. The van der Waals surface area contributed by atoms with Crippen LogP contribution in [0.2, 0.25) is 5.02 Å². The maximum absolute atomic E-state index is 11.2. The Morgan fingerprint density at radius 3 is 2.88 bits per heavy atom. The normalized spacial score (nSPS) is 14.7. The van der Waals surface area contributed by atoms with Crippen LogP contribution in [-0.2, 0) is 9.53 Å². The molecule has 0 amide bonds. The van der Waals surface area contributed by atoms with Gasteiger partial charge in [-0.2, -0.15) is 0 Å².